The lowest BCUT2D eigenvalue weighted by Gasteiger charge is -2.20. The molecule has 1 aliphatic heterocycles. The van der Waals surface area contributed by atoms with E-state index in [9.17, 15) is 0 Å². The van der Waals surface area contributed by atoms with E-state index in [0.717, 1.165) is 26.2 Å². The highest BCUT2D eigenvalue weighted by atomic mass is 16.5. The van der Waals surface area contributed by atoms with Gasteiger partial charge in [-0.3, -0.25) is 0 Å². The van der Waals surface area contributed by atoms with Gasteiger partial charge >= 0.3 is 0 Å². The normalized spacial score (nSPS) is 24.8. The lowest BCUT2D eigenvalue weighted by atomic mass is 9.98. The van der Waals surface area contributed by atoms with Gasteiger partial charge in [0.25, 0.3) is 0 Å². The van der Waals surface area contributed by atoms with Crippen molar-refractivity contribution in [3.8, 4) is 0 Å². The molecule has 1 unspecified atom stereocenters. The first-order chi connectivity index (χ1) is 6.36. The summed E-state index contributed by atoms with van der Waals surface area (Å²) in [6.07, 6.45) is 6.07. The number of ether oxygens (including phenoxy) is 1. The van der Waals surface area contributed by atoms with Crippen molar-refractivity contribution >= 4 is 0 Å². The highest BCUT2D eigenvalue weighted by molar-refractivity contribution is 5.06. The molecule has 2 heteroatoms. The van der Waals surface area contributed by atoms with E-state index in [0.29, 0.717) is 5.92 Å². The molecule has 0 saturated carbocycles. The van der Waals surface area contributed by atoms with Crippen LogP contribution < -0.4 is 5.32 Å². The molecule has 76 valence electrons. The zero-order valence-electron chi connectivity index (χ0n) is 8.81. The average Bonchev–Trinajstić information content (AvgIpc) is 2.19. The largest absolute Gasteiger partial charge is 0.381 e. The fraction of sp³-hybridized carbons (Fsp3) is 0.818. The summed E-state index contributed by atoms with van der Waals surface area (Å²) in [5.74, 6) is 0.664. The third-order valence-electron chi connectivity index (χ3n) is 2.52. The Kier molecular flexibility index (Phi) is 5.09. The van der Waals surface area contributed by atoms with Gasteiger partial charge in [0.1, 0.15) is 0 Å². The summed E-state index contributed by atoms with van der Waals surface area (Å²) in [4.78, 5) is 0. The second-order valence-electron chi connectivity index (χ2n) is 3.69. The van der Waals surface area contributed by atoms with Crippen LogP contribution in [0.4, 0.5) is 0 Å². The van der Waals surface area contributed by atoms with Gasteiger partial charge < -0.3 is 10.1 Å². The van der Waals surface area contributed by atoms with Crippen LogP contribution in [0, 0.1) is 5.92 Å². The molecule has 1 atom stereocenters. The van der Waals surface area contributed by atoms with Crippen LogP contribution in [0.15, 0.2) is 11.6 Å². The van der Waals surface area contributed by atoms with E-state index in [1.54, 1.807) is 0 Å². The third-order valence-corrected chi connectivity index (χ3v) is 2.52. The van der Waals surface area contributed by atoms with Crippen LogP contribution in [0.5, 0.6) is 0 Å². The summed E-state index contributed by atoms with van der Waals surface area (Å²) < 4.78 is 5.44. The molecule has 1 aliphatic rings. The van der Waals surface area contributed by atoms with Crippen molar-refractivity contribution in [2.24, 2.45) is 5.92 Å². The fourth-order valence-electron chi connectivity index (χ4n) is 1.76. The van der Waals surface area contributed by atoms with Crippen molar-refractivity contribution in [1.82, 2.24) is 5.32 Å². The topological polar surface area (TPSA) is 21.3 Å². The molecular formula is C11H21NO. The smallest absolute Gasteiger partial charge is 0.0528 e. The quantitative estimate of drug-likeness (QED) is 0.673. The van der Waals surface area contributed by atoms with E-state index in [-0.39, 0.29) is 0 Å². The second kappa shape index (κ2) is 6.17. The zero-order valence-corrected chi connectivity index (χ0v) is 8.81. The minimum absolute atomic E-state index is 0.664. The van der Waals surface area contributed by atoms with Gasteiger partial charge in [0.2, 0.25) is 0 Å². The maximum atomic E-state index is 5.44. The van der Waals surface area contributed by atoms with E-state index in [2.05, 4.69) is 18.3 Å². The first kappa shape index (κ1) is 10.7. The Morgan fingerprint density at radius 2 is 2.46 bits per heavy atom. The summed E-state index contributed by atoms with van der Waals surface area (Å²) >= 11 is 0. The molecule has 1 heterocycles. The Hall–Kier alpha value is -0.340. The van der Waals surface area contributed by atoms with Crippen molar-refractivity contribution in [3.05, 3.63) is 11.6 Å². The predicted molar refractivity (Wildman–Crippen MR) is 55.8 cm³/mol. The molecule has 1 N–H and O–H groups in total. The maximum Gasteiger partial charge on any atom is 0.0528 e. The summed E-state index contributed by atoms with van der Waals surface area (Å²) in [6.45, 7) is 5.12. The van der Waals surface area contributed by atoms with Gasteiger partial charge in [-0.2, -0.15) is 0 Å². The van der Waals surface area contributed by atoms with Crippen LogP contribution >= 0.6 is 0 Å². The van der Waals surface area contributed by atoms with E-state index in [1.807, 2.05) is 7.05 Å². The van der Waals surface area contributed by atoms with Crippen LogP contribution in [0.3, 0.4) is 0 Å². The molecule has 2 nitrogen and oxygen atoms in total. The highest BCUT2D eigenvalue weighted by Crippen LogP contribution is 2.17. The molecule has 0 spiro atoms. The Bertz CT molecular complexity index is 159. The van der Waals surface area contributed by atoms with Gasteiger partial charge in [-0.25, -0.2) is 0 Å². The van der Waals surface area contributed by atoms with Gasteiger partial charge in [-0.15, -0.1) is 0 Å². The molecule has 0 aromatic carbocycles. The van der Waals surface area contributed by atoms with E-state index < -0.39 is 0 Å². The van der Waals surface area contributed by atoms with Crippen molar-refractivity contribution in [2.75, 3.05) is 26.8 Å². The van der Waals surface area contributed by atoms with E-state index in [4.69, 9.17) is 4.74 Å². The van der Waals surface area contributed by atoms with E-state index in [1.165, 1.54) is 18.4 Å². The maximum absolute atomic E-state index is 5.44. The number of likely N-dealkylation sites (N-methyl/N-ethyl adjacent to an activating group) is 1. The highest BCUT2D eigenvalue weighted by Gasteiger charge is 2.11. The Morgan fingerprint density at radius 1 is 1.62 bits per heavy atom. The molecular weight excluding hydrogens is 162 g/mol. The standard InChI is InChI=1S/C11H21NO/c1-3-10(8-12-2)7-11-5-4-6-13-9-11/h7,11-12H,3-6,8-9H2,1-2H3. The van der Waals surface area contributed by atoms with Gasteiger partial charge in [-0.1, -0.05) is 18.6 Å². The molecule has 13 heavy (non-hydrogen) atoms. The number of nitrogens with one attached hydrogen (secondary N) is 1. The van der Waals surface area contributed by atoms with Gasteiger partial charge in [0, 0.05) is 19.1 Å². The predicted octanol–water partition coefficient (Wildman–Crippen LogP) is 1.97. The zero-order chi connectivity index (χ0) is 9.52. The Labute approximate surface area is 81.4 Å². The molecule has 0 aromatic heterocycles. The summed E-state index contributed by atoms with van der Waals surface area (Å²) in [5, 5.41) is 3.20. The van der Waals surface area contributed by atoms with Crippen LogP contribution in [-0.4, -0.2) is 26.8 Å². The number of rotatable bonds is 4. The van der Waals surface area contributed by atoms with Gasteiger partial charge in [0.15, 0.2) is 0 Å². The minimum atomic E-state index is 0.664. The molecule has 1 rings (SSSR count). The van der Waals surface area contributed by atoms with Crippen LogP contribution in [0.25, 0.3) is 0 Å². The lowest BCUT2D eigenvalue weighted by molar-refractivity contribution is 0.0707. The molecule has 1 saturated heterocycles. The summed E-state index contributed by atoms with van der Waals surface area (Å²) in [7, 11) is 2.00. The van der Waals surface area contributed by atoms with Crippen LogP contribution in [0.2, 0.25) is 0 Å². The molecule has 0 amide bonds. The molecule has 0 bridgehead atoms. The third kappa shape index (κ3) is 3.92. The monoisotopic (exact) mass is 183 g/mol. The Morgan fingerprint density at radius 3 is 3.00 bits per heavy atom. The first-order valence-electron chi connectivity index (χ1n) is 5.28. The van der Waals surface area contributed by atoms with Crippen molar-refractivity contribution < 1.29 is 4.74 Å². The molecule has 0 aliphatic carbocycles. The number of hydrogen-bond acceptors (Lipinski definition) is 2. The second-order valence-corrected chi connectivity index (χ2v) is 3.69. The first-order valence-corrected chi connectivity index (χ1v) is 5.28. The Balaban J connectivity index is 2.39. The SMILES string of the molecule is CCC(=CC1CCCOC1)CNC. The molecule has 1 fully saturated rings. The molecule has 0 aromatic rings. The lowest BCUT2D eigenvalue weighted by Crippen LogP contribution is -2.17. The van der Waals surface area contributed by atoms with Gasteiger partial charge in [-0.05, 0) is 26.3 Å². The van der Waals surface area contributed by atoms with Crippen molar-refractivity contribution in [1.29, 1.82) is 0 Å². The van der Waals surface area contributed by atoms with Crippen LogP contribution in [0.1, 0.15) is 26.2 Å². The van der Waals surface area contributed by atoms with Gasteiger partial charge in [0.05, 0.1) is 6.61 Å². The average molecular weight is 183 g/mol. The number of hydrogen-bond donors (Lipinski definition) is 1. The van der Waals surface area contributed by atoms with Crippen LogP contribution in [-0.2, 0) is 4.74 Å². The summed E-state index contributed by atoms with van der Waals surface area (Å²) in [6, 6.07) is 0. The van der Waals surface area contributed by atoms with Crippen molar-refractivity contribution in [3.63, 3.8) is 0 Å². The minimum Gasteiger partial charge on any atom is -0.381 e. The summed E-state index contributed by atoms with van der Waals surface area (Å²) in [5.41, 5.74) is 1.51. The molecule has 0 radical (unpaired) electrons. The van der Waals surface area contributed by atoms with E-state index >= 15 is 0 Å². The fourth-order valence-corrected chi connectivity index (χ4v) is 1.76. The van der Waals surface area contributed by atoms with Crippen molar-refractivity contribution in [2.45, 2.75) is 26.2 Å².